The predicted octanol–water partition coefficient (Wildman–Crippen LogP) is 1.61. The molecule has 0 fully saturated rings. The lowest BCUT2D eigenvalue weighted by Crippen LogP contribution is -1.98. The lowest BCUT2D eigenvalue weighted by Gasteiger charge is -2.00. The molecule has 0 saturated carbocycles. The van der Waals surface area contributed by atoms with Crippen LogP contribution in [0.5, 0.6) is 0 Å². The lowest BCUT2D eigenvalue weighted by atomic mass is 10.8. The highest BCUT2D eigenvalue weighted by molar-refractivity contribution is 14.1. The lowest BCUT2D eigenvalue weighted by molar-refractivity contribution is -0.00700. The summed E-state index contributed by atoms with van der Waals surface area (Å²) < 4.78 is 10.7. The van der Waals surface area contributed by atoms with E-state index in [0.29, 0.717) is 0 Å². The average Bonchev–Trinajstić information content (AvgIpc) is 1.87. The molecule has 0 N–H and O–H groups in total. The van der Waals surface area contributed by atoms with Gasteiger partial charge in [-0.15, -0.1) is 0 Å². The van der Waals surface area contributed by atoms with Crippen LogP contribution in [-0.4, -0.2) is 6.29 Å². The van der Waals surface area contributed by atoms with Crippen LogP contribution in [0.2, 0.25) is 0 Å². The molecular weight excluding hydrogens is 207 g/mol. The Morgan fingerprint density at radius 3 is 2.71 bits per heavy atom. The van der Waals surface area contributed by atoms with E-state index in [2.05, 4.69) is 22.6 Å². The van der Waals surface area contributed by atoms with Crippen LogP contribution in [0, 0.1) is 0 Å². The van der Waals surface area contributed by atoms with Crippen molar-refractivity contribution < 1.29 is 9.47 Å². The van der Waals surface area contributed by atoms with Gasteiger partial charge in [0.05, 0.1) is 0 Å². The first-order valence-corrected chi connectivity index (χ1v) is 3.04. The van der Waals surface area contributed by atoms with E-state index >= 15 is 0 Å². The van der Waals surface area contributed by atoms with Crippen molar-refractivity contribution in [2.24, 2.45) is 0 Å². The quantitative estimate of drug-likeness (QED) is 0.568. The summed E-state index contributed by atoms with van der Waals surface area (Å²) in [5.41, 5.74) is 0. The van der Waals surface area contributed by atoms with Gasteiger partial charge in [-0.3, -0.25) is 0 Å². The molecular formula is C4H5IO2. The monoisotopic (exact) mass is 212 g/mol. The van der Waals surface area contributed by atoms with Crippen molar-refractivity contribution in [2.45, 2.75) is 13.2 Å². The van der Waals surface area contributed by atoms with Crippen LogP contribution < -0.4 is 0 Å². The zero-order chi connectivity index (χ0) is 5.28. The standard InChI is InChI=1S/C4H5IO2/c1-3-6-2-4(5)7-3/h2-3H,1H3/t3-/m1/s1. The summed E-state index contributed by atoms with van der Waals surface area (Å²) in [4.78, 5) is 0. The van der Waals surface area contributed by atoms with Gasteiger partial charge in [-0.2, -0.15) is 0 Å². The molecule has 0 spiro atoms. The predicted molar refractivity (Wildman–Crippen MR) is 33.7 cm³/mol. The van der Waals surface area contributed by atoms with E-state index < -0.39 is 0 Å². The normalized spacial score (nSPS) is 28.3. The topological polar surface area (TPSA) is 18.5 Å². The summed E-state index contributed by atoms with van der Waals surface area (Å²) in [6, 6.07) is 0. The first-order chi connectivity index (χ1) is 3.29. The molecule has 0 amide bonds. The van der Waals surface area contributed by atoms with Crippen molar-refractivity contribution >= 4 is 22.6 Å². The van der Waals surface area contributed by atoms with Crippen molar-refractivity contribution in [1.29, 1.82) is 0 Å². The van der Waals surface area contributed by atoms with Crippen LogP contribution in [0.15, 0.2) is 10.0 Å². The highest BCUT2D eigenvalue weighted by Gasteiger charge is 2.09. The Hall–Kier alpha value is 0.0700. The minimum atomic E-state index is -0.0769. The van der Waals surface area contributed by atoms with Gasteiger partial charge in [0, 0.05) is 29.5 Å². The maximum Gasteiger partial charge on any atom is 0.238 e. The van der Waals surface area contributed by atoms with Crippen LogP contribution >= 0.6 is 22.6 Å². The second kappa shape index (κ2) is 1.90. The van der Waals surface area contributed by atoms with Crippen molar-refractivity contribution in [3.8, 4) is 0 Å². The second-order valence-corrected chi connectivity index (χ2v) is 2.31. The Bertz CT molecular complexity index is 99.9. The molecule has 0 unspecified atom stereocenters. The summed E-state index contributed by atoms with van der Waals surface area (Å²) in [6.45, 7) is 1.85. The molecule has 1 rings (SSSR count). The van der Waals surface area contributed by atoms with E-state index in [1.54, 1.807) is 6.26 Å². The number of rotatable bonds is 0. The van der Waals surface area contributed by atoms with Gasteiger partial charge in [0.15, 0.2) is 3.77 Å². The first-order valence-electron chi connectivity index (χ1n) is 1.97. The van der Waals surface area contributed by atoms with Crippen LogP contribution in [0.1, 0.15) is 6.92 Å². The van der Waals surface area contributed by atoms with E-state index in [0.717, 1.165) is 3.77 Å². The van der Waals surface area contributed by atoms with Gasteiger partial charge in [-0.05, 0) is 0 Å². The maximum atomic E-state index is 4.99. The van der Waals surface area contributed by atoms with Gasteiger partial charge >= 0.3 is 0 Å². The summed E-state index contributed by atoms with van der Waals surface area (Å²) in [7, 11) is 0. The number of ether oxygens (including phenoxy) is 2. The van der Waals surface area contributed by atoms with Gasteiger partial charge < -0.3 is 9.47 Å². The zero-order valence-corrected chi connectivity index (χ0v) is 6.01. The van der Waals surface area contributed by atoms with Crippen molar-refractivity contribution in [1.82, 2.24) is 0 Å². The van der Waals surface area contributed by atoms with Crippen molar-refractivity contribution in [2.75, 3.05) is 0 Å². The SMILES string of the molecule is C[C@@H]1OC=C(I)O1. The van der Waals surface area contributed by atoms with Gasteiger partial charge in [-0.1, -0.05) is 0 Å². The van der Waals surface area contributed by atoms with E-state index in [1.165, 1.54) is 0 Å². The molecule has 0 aromatic heterocycles. The van der Waals surface area contributed by atoms with E-state index in [4.69, 9.17) is 9.47 Å². The third-order valence-corrected chi connectivity index (χ3v) is 1.14. The smallest absolute Gasteiger partial charge is 0.238 e. The van der Waals surface area contributed by atoms with Crippen molar-refractivity contribution in [3.05, 3.63) is 10.0 Å². The Labute approximate surface area is 55.6 Å². The Kier molecular flexibility index (Phi) is 1.41. The van der Waals surface area contributed by atoms with Crippen LogP contribution in [-0.2, 0) is 9.47 Å². The van der Waals surface area contributed by atoms with E-state index in [1.807, 2.05) is 6.92 Å². The van der Waals surface area contributed by atoms with E-state index in [9.17, 15) is 0 Å². The Morgan fingerprint density at radius 2 is 2.57 bits per heavy atom. The molecule has 0 saturated heterocycles. The van der Waals surface area contributed by atoms with Gasteiger partial charge in [-0.25, -0.2) is 0 Å². The van der Waals surface area contributed by atoms with Gasteiger partial charge in [0.25, 0.3) is 0 Å². The molecule has 1 aliphatic heterocycles. The summed E-state index contributed by atoms with van der Waals surface area (Å²) >= 11 is 2.06. The molecule has 0 aliphatic carbocycles. The minimum Gasteiger partial charge on any atom is -0.458 e. The fourth-order valence-corrected chi connectivity index (χ4v) is 0.868. The largest absolute Gasteiger partial charge is 0.458 e. The number of hydrogen-bond acceptors (Lipinski definition) is 2. The minimum absolute atomic E-state index is 0.0769. The molecule has 0 aromatic rings. The molecule has 1 atom stereocenters. The van der Waals surface area contributed by atoms with Gasteiger partial charge in [0.1, 0.15) is 6.26 Å². The molecule has 0 bridgehead atoms. The Morgan fingerprint density at radius 1 is 1.86 bits per heavy atom. The fourth-order valence-electron chi connectivity index (χ4n) is 0.363. The van der Waals surface area contributed by atoms with Crippen LogP contribution in [0.4, 0.5) is 0 Å². The first kappa shape index (κ1) is 5.21. The van der Waals surface area contributed by atoms with Crippen molar-refractivity contribution in [3.63, 3.8) is 0 Å². The molecule has 40 valence electrons. The molecule has 2 nitrogen and oxygen atoms in total. The maximum absolute atomic E-state index is 4.99. The molecule has 1 aliphatic rings. The molecule has 7 heavy (non-hydrogen) atoms. The summed E-state index contributed by atoms with van der Waals surface area (Å²) in [5.74, 6) is 0. The average molecular weight is 212 g/mol. The molecule has 0 aromatic carbocycles. The third kappa shape index (κ3) is 1.22. The molecule has 1 heterocycles. The number of hydrogen-bond donors (Lipinski definition) is 0. The molecule has 3 heteroatoms. The Balaban J connectivity index is 2.42. The van der Waals surface area contributed by atoms with Crippen LogP contribution in [0.3, 0.4) is 0 Å². The molecule has 0 radical (unpaired) electrons. The third-order valence-electron chi connectivity index (χ3n) is 0.631. The second-order valence-electron chi connectivity index (χ2n) is 1.24. The van der Waals surface area contributed by atoms with Gasteiger partial charge in [0.2, 0.25) is 6.29 Å². The highest BCUT2D eigenvalue weighted by Crippen LogP contribution is 2.18. The highest BCUT2D eigenvalue weighted by atomic mass is 127. The summed E-state index contributed by atoms with van der Waals surface area (Å²) in [5, 5.41) is 0. The van der Waals surface area contributed by atoms with E-state index in [-0.39, 0.29) is 6.29 Å². The zero-order valence-electron chi connectivity index (χ0n) is 3.85. The fraction of sp³-hybridized carbons (Fsp3) is 0.500. The van der Waals surface area contributed by atoms with Crippen LogP contribution in [0.25, 0.3) is 0 Å². The number of halogens is 1. The summed E-state index contributed by atoms with van der Waals surface area (Å²) in [6.07, 6.45) is 1.53.